The van der Waals surface area contributed by atoms with Crippen LogP contribution in [0.3, 0.4) is 0 Å². The number of furan rings is 1. The number of aromatic nitrogens is 1. The van der Waals surface area contributed by atoms with Crippen LogP contribution < -0.4 is 5.43 Å². The van der Waals surface area contributed by atoms with Crippen molar-refractivity contribution in [3.8, 4) is 0 Å². The van der Waals surface area contributed by atoms with Gasteiger partial charge in [0.05, 0.1) is 5.71 Å². The number of amides is 1. The van der Waals surface area contributed by atoms with Gasteiger partial charge in [-0.05, 0) is 48.8 Å². The minimum atomic E-state index is -0.289. The van der Waals surface area contributed by atoms with Crippen molar-refractivity contribution in [2.45, 2.75) is 20.8 Å². The van der Waals surface area contributed by atoms with E-state index in [9.17, 15) is 4.79 Å². The molecule has 5 nitrogen and oxygen atoms in total. The summed E-state index contributed by atoms with van der Waals surface area (Å²) in [6.07, 6.45) is 1.69. The number of aromatic amines is 1. The second-order valence-corrected chi connectivity index (χ2v) is 5.11. The minimum absolute atomic E-state index is 0.289. The molecule has 0 aliphatic heterocycles. The number of aryl methyl sites for hydroxylation is 2. The molecule has 0 atom stereocenters. The SMILES string of the molecule is C/C(=N/NC(=O)c1cc(Br)c[nH]1)c1cc(C)oc1C. The molecule has 2 rings (SSSR count). The van der Waals surface area contributed by atoms with Gasteiger partial charge in [0, 0.05) is 16.2 Å². The number of hydrogen-bond donors (Lipinski definition) is 2. The molecule has 0 aromatic carbocycles. The van der Waals surface area contributed by atoms with Crippen LogP contribution in [0.15, 0.2) is 32.3 Å². The van der Waals surface area contributed by atoms with Crippen LogP contribution in [-0.4, -0.2) is 16.6 Å². The Labute approximate surface area is 119 Å². The number of hydrogen-bond acceptors (Lipinski definition) is 3. The molecule has 2 heterocycles. The number of carbonyl (C=O) groups is 1. The third-order valence-corrected chi connectivity index (χ3v) is 3.11. The first-order chi connectivity index (χ1) is 8.97. The molecule has 2 N–H and O–H groups in total. The average Bonchev–Trinajstić information content (AvgIpc) is 2.92. The average molecular weight is 324 g/mol. The Hall–Kier alpha value is -1.82. The lowest BCUT2D eigenvalue weighted by Gasteiger charge is -2.00. The first-order valence-corrected chi connectivity index (χ1v) is 6.52. The molecular weight excluding hydrogens is 310 g/mol. The molecule has 0 saturated heterocycles. The topological polar surface area (TPSA) is 70.4 Å². The van der Waals surface area contributed by atoms with Crippen molar-refractivity contribution in [2.24, 2.45) is 5.10 Å². The first kappa shape index (κ1) is 13.6. The van der Waals surface area contributed by atoms with Gasteiger partial charge in [0.25, 0.3) is 5.91 Å². The molecule has 6 heteroatoms. The summed E-state index contributed by atoms with van der Waals surface area (Å²) in [4.78, 5) is 14.6. The lowest BCUT2D eigenvalue weighted by molar-refractivity contribution is 0.0950. The van der Waals surface area contributed by atoms with Crippen molar-refractivity contribution in [3.05, 3.63) is 45.6 Å². The lowest BCUT2D eigenvalue weighted by Crippen LogP contribution is -2.19. The van der Waals surface area contributed by atoms with Crippen molar-refractivity contribution >= 4 is 27.5 Å². The minimum Gasteiger partial charge on any atom is -0.466 e. The summed E-state index contributed by atoms with van der Waals surface area (Å²) in [6, 6.07) is 3.58. The fourth-order valence-corrected chi connectivity index (χ4v) is 2.09. The largest absolute Gasteiger partial charge is 0.466 e. The molecule has 0 unspecified atom stereocenters. The monoisotopic (exact) mass is 323 g/mol. The van der Waals surface area contributed by atoms with Crippen molar-refractivity contribution in [1.29, 1.82) is 0 Å². The van der Waals surface area contributed by atoms with Crippen molar-refractivity contribution in [2.75, 3.05) is 0 Å². The summed E-state index contributed by atoms with van der Waals surface area (Å²) >= 11 is 3.27. The summed E-state index contributed by atoms with van der Waals surface area (Å²) in [6.45, 7) is 5.56. The van der Waals surface area contributed by atoms with Gasteiger partial charge in [0.1, 0.15) is 17.2 Å². The fraction of sp³-hybridized carbons (Fsp3) is 0.231. The van der Waals surface area contributed by atoms with Gasteiger partial charge in [-0.25, -0.2) is 5.43 Å². The molecule has 0 spiro atoms. The van der Waals surface area contributed by atoms with E-state index in [2.05, 4.69) is 31.4 Å². The molecule has 19 heavy (non-hydrogen) atoms. The second-order valence-electron chi connectivity index (χ2n) is 4.20. The normalized spacial score (nSPS) is 11.7. The number of rotatable bonds is 3. The van der Waals surface area contributed by atoms with E-state index in [0.29, 0.717) is 11.4 Å². The van der Waals surface area contributed by atoms with E-state index in [0.717, 1.165) is 21.6 Å². The molecule has 0 bridgehead atoms. The Morgan fingerprint density at radius 2 is 2.16 bits per heavy atom. The maximum atomic E-state index is 11.8. The standard InChI is InChI=1S/C13H14BrN3O2/c1-7-4-11(9(3)19-7)8(2)16-17-13(18)12-5-10(14)6-15-12/h4-6,15H,1-3H3,(H,17,18)/b16-8-. The molecule has 0 fully saturated rings. The maximum absolute atomic E-state index is 11.8. The molecule has 2 aromatic rings. The number of H-pyrrole nitrogens is 1. The predicted molar refractivity (Wildman–Crippen MR) is 76.4 cm³/mol. The Morgan fingerprint density at radius 3 is 2.68 bits per heavy atom. The van der Waals surface area contributed by atoms with Crippen LogP contribution >= 0.6 is 15.9 Å². The number of halogens is 1. The highest BCUT2D eigenvalue weighted by Crippen LogP contribution is 2.14. The third-order valence-electron chi connectivity index (χ3n) is 2.65. The molecule has 2 aromatic heterocycles. The van der Waals surface area contributed by atoms with Gasteiger partial charge in [-0.3, -0.25) is 4.79 Å². The zero-order valence-corrected chi connectivity index (χ0v) is 12.5. The van der Waals surface area contributed by atoms with Crippen molar-refractivity contribution < 1.29 is 9.21 Å². The van der Waals surface area contributed by atoms with Gasteiger partial charge >= 0.3 is 0 Å². The van der Waals surface area contributed by atoms with Crippen LogP contribution in [0.2, 0.25) is 0 Å². The van der Waals surface area contributed by atoms with E-state index in [1.54, 1.807) is 12.3 Å². The molecule has 100 valence electrons. The molecule has 0 radical (unpaired) electrons. The second kappa shape index (κ2) is 5.44. The number of nitrogens with one attached hydrogen (secondary N) is 2. The number of carbonyl (C=O) groups excluding carboxylic acids is 1. The third kappa shape index (κ3) is 3.14. The van der Waals surface area contributed by atoms with Crippen molar-refractivity contribution in [3.63, 3.8) is 0 Å². The zero-order chi connectivity index (χ0) is 14.0. The van der Waals surface area contributed by atoms with E-state index < -0.39 is 0 Å². The molecule has 0 saturated carbocycles. The Balaban J connectivity index is 2.10. The van der Waals surface area contributed by atoms with Gasteiger partial charge in [-0.2, -0.15) is 5.10 Å². The summed E-state index contributed by atoms with van der Waals surface area (Å²) < 4.78 is 6.24. The Bertz CT molecular complexity index is 640. The van der Waals surface area contributed by atoms with Gasteiger partial charge in [0.2, 0.25) is 0 Å². The van der Waals surface area contributed by atoms with Crippen LogP contribution in [0.4, 0.5) is 0 Å². The van der Waals surface area contributed by atoms with Crippen LogP contribution in [0.5, 0.6) is 0 Å². The van der Waals surface area contributed by atoms with E-state index in [4.69, 9.17) is 4.42 Å². The van der Waals surface area contributed by atoms with E-state index >= 15 is 0 Å². The van der Waals surface area contributed by atoms with Crippen molar-refractivity contribution in [1.82, 2.24) is 10.4 Å². The maximum Gasteiger partial charge on any atom is 0.287 e. The van der Waals surface area contributed by atoms with Crippen LogP contribution in [-0.2, 0) is 0 Å². The van der Waals surface area contributed by atoms with E-state index in [-0.39, 0.29) is 5.91 Å². The zero-order valence-electron chi connectivity index (χ0n) is 10.9. The van der Waals surface area contributed by atoms with E-state index in [1.807, 2.05) is 26.8 Å². The fourth-order valence-electron chi connectivity index (χ4n) is 1.74. The summed E-state index contributed by atoms with van der Waals surface area (Å²) in [5, 5.41) is 4.08. The predicted octanol–water partition coefficient (Wildman–Crippen LogP) is 3.14. The van der Waals surface area contributed by atoms with Gasteiger partial charge in [0.15, 0.2) is 0 Å². The summed E-state index contributed by atoms with van der Waals surface area (Å²) in [7, 11) is 0. The highest BCUT2D eigenvalue weighted by atomic mass is 79.9. The number of hydrazone groups is 1. The van der Waals surface area contributed by atoms with E-state index in [1.165, 1.54) is 0 Å². The first-order valence-electron chi connectivity index (χ1n) is 5.73. The summed E-state index contributed by atoms with van der Waals surface area (Å²) in [5.41, 5.74) is 4.55. The molecular formula is C13H14BrN3O2. The van der Waals surface area contributed by atoms with Crippen LogP contribution in [0.25, 0.3) is 0 Å². The molecule has 0 aliphatic rings. The number of nitrogens with zero attached hydrogens (tertiary/aromatic N) is 1. The van der Waals surface area contributed by atoms with Gasteiger partial charge < -0.3 is 9.40 Å². The lowest BCUT2D eigenvalue weighted by atomic mass is 10.2. The quantitative estimate of drug-likeness (QED) is 0.672. The summed E-state index contributed by atoms with van der Waals surface area (Å²) in [5.74, 6) is 1.32. The van der Waals surface area contributed by atoms with Crippen LogP contribution in [0, 0.1) is 13.8 Å². The van der Waals surface area contributed by atoms with Gasteiger partial charge in [-0.15, -0.1) is 0 Å². The van der Waals surface area contributed by atoms with Crippen LogP contribution in [0.1, 0.15) is 34.5 Å². The Kier molecular flexibility index (Phi) is 3.90. The Morgan fingerprint density at radius 1 is 1.42 bits per heavy atom. The smallest absolute Gasteiger partial charge is 0.287 e. The highest BCUT2D eigenvalue weighted by Gasteiger charge is 2.10. The highest BCUT2D eigenvalue weighted by molar-refractivity contribution is 9.10. The van der Waals surface area contributed by atoms with Gasteiger partial charge in [-0.1, -0.05) is 0 Å². The molecule has 1 amide bonds. The molecule has 0 aliphatic carbocycles.